The van der Waals surface area contributed by atoms with Crippen molar-refractivity contribution in [2.75, 3.05) is 53.4 Å². The van der Waals surface area contributed by atoms with E-state index in [1.165, 1.54) is 32.1 Å². The highest BCUT2D eigenvalue weighted by Gasteiger charge is 2.22. The van der Waals surface area contributed by atoms with Crippen LogP contribution in [-0.4, -0.2) is 75.2 Å². The highest BCUT2D eigenvalue weighted by Crippen LogP contribution is 2.15. The highest BCUT2D eigenvalue weighted by molar-refractivity contribution is 14.0. The molecule has 1 rings (SSSR count). The number of hydrogen-bond acceptors (Lipinski definition) is 3. The Bertz CT molecular complexity index is 351. The molecule has 0 aromatic carbocycles. The topological polar surface area (TPSA) is 42.9 Å². The third-order valence-corrected chi connectivity index (χ3v) is 5.00. The van der Waals surface area contributed by atoms with E-state index in [0.29, 0.717) is 6.04 Å². The smallest absolute Gasteiger partial charge is 0.191 e. The zero-order chi connectivity index (χ0) is 17.8. The molecule has 1 aliphatic heterocycles. The average molecular weight is 467 g/mol. The Morgan fingerprint density at radius 2 is 1.84 bits per heavy atom. The number of aliphatic imine (C=N–C) groups is 1. The standard InChI is InChI=1S/C19H41N5.HI/c1-6-9-11-17(10-7-2)14-21-19(20-8-3)22-15-18-16-23(4)12-13-24(18)5;/h17-18H,6-16H2,1-5H3,(H2,20,21,22);1H. The second-order valence-electron chi connectivity index (χ2n) is 7.29. The molecular formula is C19H42IN5. The van der Waals surface area contributed by atoms with Crippen LogP contribution in [0, 0.1) is 5.92 Å². The van der Waals surface area contributed by atoms with E-state index >= 15 is 0 Å². The maximum Gasteiger partial charge on any atom is 0.191 e. The van der Waals surface area contributed by atoms with Crippen molar-refractivity contribution in [3.05, 3.63) is 0 Å². The summed E-state index contributed by atoms with van der Waals surface area (Å²) in [5, 5.41) is 6.97. The van der Waals surface area contributed by atoms with Gasteiger partial charge in [-0.2, -0.15) is 0 Å². The number of halogens is 1. The molecule has 1 heterocycles. The molecule has 25 heavy (non-hydrogen) atoms. The molecule has 1 aliphatic rings. The largest absolute Gasteiger partial charge is 0.357 e. The van der Waals surface area contributed by atoms with Gasteiger partial charge in [0.1, 0.15) is 0 Å². The van der Waals surface area contributed by atoms with E-state index in [-0.39, 0.29) is 24.0 Å². The molecule has 1 saturated heterocycles. The van der Waals surface area contributed by atoms with Crippen molar-refractivity contribution in [2.45, 2.75) is 58.9 Å². The number of nitrogens with zero attached hydrogens (tertiary/aromatic N) is 3. The van der Waals surface area contributed by atoms with Crippen LogP contribution in [0.1, 0.15) is 52.9 Å². The Morgan fingerprint density at radius 3 is 2.48 bits per heavy atom. The molecule has 0 spiro atoms. The maximum absolute atomic E-state index is 4.88. The second-order valence-corrected chi connectivity index (χ2v) is 7.29. The van der Waals surface area contributed by atoms with Crippen LogP contribution < -0.4 is 10.6 Å². The monoisotopic (exact) mass is 467 g/mol. The molecule has 0 aliphatic carbocycles. The normalized spacial score (nSPS) is 20.8. The first-order chi connectivity index (χ1) is 11.6. The van der Waals surface area contributed by atoms with Crippen LogP contribution in [0.3, 0.4) is 0 Å². The van der Waals surface area contributed by atoms with Crippen LogP contribution in [-0.2, 0) is 0 Å². The van der Waals surface area contributed by atoms with Crippen molar-refractivity contribution in [2.24, 2.45) is 10.9 Å². The van der Waals surface area contributed by atoms with Gasteiger partial charge >= 0.3 is 0 Å². The van der Waals surface area contributed by atoms with Crippen molar-refractivity contribution in [3.8, 4) is 0 Å². The minimum Gasteiger partial charge on any atom is -0.357 e. The van der Waals surface area contributed by atoms with E-state index in [4.69, 9.17) is 4.99 Å². The molecule has 150 valence electrons. The number of piperazine rings is 1. The average Bonchev–Trinajstić information content (AvgIpc) is 2.57. The van der Waals surface area contributed by atoms with Crippen molar-refractivity contribution in [1.82, 2.24) is 20.4 Å². The lowest BCUT2D eigenvalue weighted by atomic mass is 9.97. The number of rotatable bonds is 10. The third-order valence-electron chi connectivity index (χ3n) is 5.00. The number of hydrogen-bond donors (Lipinski definition) is 2. The first kappa shape index (κ1) is 24.9. The second kappa shape index (κ2) is 15.0. The Labute approximate surface area is 173 Å². The molecule has 1 fully saturated rings. The molecule has 2 unspecified atom stereocenters. The van der Waals surface area contributed by atoms with Crippen molar-refractivity contribution >= 4 is 29.9 Å². The van der Waals surface area contributed by atoms with Crippen LogP contribution in [0.15, 0.2) is 4.99 Å². The van der Waals surface area contributed by atoms with Gasteiger partial charge in [-0.3, -0.25) is 9.89 Å². The van der Waals surface area contributed by atoms with Gasteiger partial charge in [-0.05, 0) is 39.8 Å². The summed E-state index contributed by atoms with van der Waals surface area (Å²) in [6.07, 6.45) is 6.46. The summed E-state index contributed by atoms with van der Waals surface area (Å²) in [7, 11) is 4.44. The lowest BCUT2D eigenvalue weighted by Gasteiger charge is -2.38. The van der Waals surface area contributed by atoms with Gasteiger partial charge in [0.15, 0.2) is 5.96 Å². The molecule has 0 saturated carbocycles. The number of nitrogens with one attached hydrogen (secondary N) is 2. The summed E-state index contributed by atoms with van der Waals surface area (Å²) in [6.45, 7) is 12.9. The predicted octanol–water partition coefficient (Wildman–Crippen LogP) is 3.01. The fourth-order valence-electron chi connectivity index (χ4n) is 3.33. The van der Waals surface area contributed by atoms with Crippen molar-refractivity contribution < 1.29 is 0 Å². The first-order valence-corrected chi connectivity index (χ1v) is 10.0. The third kappa shape index (κ3) is 10.6. The van der Waals surface area contributed by atoms with E-state index < -0.39 is 0 Å². The van der Waals surface area contributed by atoms with Gasteiger partial charge in [0.05, 0.1) is 0 Å². The minimum atomic E-state index is 0. The van der Waals surface area contributed by atoms with Gasteiger partial charge < -0.3 is 15.5 Å². The van der Waals surface area contributed by atoms with Gasteiger partial charge in [-0.1, -0.05) is 33.1 Å². The molecule has 2 atom stereocenters. The van der Waals surface area contributed by atoms with Gasteiger partial charge in [0, 0.05) is 45.3 Å². The molecule has 6 heteroatoms. The quantitative estimate of drug-likeness (QED) is 0.295. The van der Waals surface area contributed by atoms with Crippen LogP contribution >= 0.6 is 24.0 Å². The number of guanidine groups is 1. The molecule has 5 nitrogen and oxygen atoms in total. The van der Waals surface area contributed by atoms with E-state index in [9.17, 15) is 0 Å². The van der Waals surface area contributed by atoms with E-state index in [1.54, 1.807) is 0 Å². The van der Waals surface area contributed by atoms with Crippen molar-refractivity contribution in [1.29, 1.82) is 0 Å². The summed E-state index contributed by atoms with van der Waals surface area (Å²) >= 11 is 0. The summed E-state index contributed by atoms with van der Waals surface area (Å²) in [6, 6.07) is 0.555. The number of likely N-dealkylation sites (N-methyl/N-ethyl adjacent to an activating group) is 2. The molecule has 0 aromatic rings. The Balaban J connectivity index is 0.00000576. The molecule has 0 aromatic heterocycles. The van der Waals surface area contributed by atoms with E-state index in [2.05, 4.69) is 55.3 Å². The summed E-state index contributed by atoms with van der Waals surface area (Å²) in [5.41, 5.74) is 0. The van der Waals surface area contributed by atoms with Gasteiger partial charge in [0.2, 0.25) is 0 Å². The zero-order valence-corrected chi connectivity index (χ0v) is 19.5. The summed E-state index contributed by atoms with van der Waals surface area (Å²) < 4.78 is 0. The van der Waals surface area contributed by atoms with Crippen LogP contribution in [0.2, 0.25) is 0 Å². The van der Waals surface area contributed by atoms with Crippen molar-refractivity contribution in [3.63, 3.8) is 0 Å². The Hall–Kier alpha value is -0.0800. The highest BCUT2D eigenvalue weighted by atomic mass is 127. The van der Waals surface area contributed by atoms with E-state index in [0.717, 1.165) is 51.1 Å². The summed E-state index contributed by atoms with van der Waals surface area (Å²) in [4.78, 5) is 9.75. The SMILES string of the molecule is CCCCC(CCC)CN=C(NCC)NCC1CN(C)CCN1C.I. The van der Waals surface area contributed by atoms with E-state index in [1.807, 2.05) is 0 Å². The van der Waals surface area contributed by atoms with Gasteiger partial charge in [-0.15, -0.1) is 24.0 Å². The van der Waals surface area contributed by atoms with Crippen LogP contribution in [0.5, 0.6) is 0 Å². The molecular weight excluding hydrogens is 425 g/mol. The molecule has 2 N–H and O–H groups in total. The predicted molar refractivity (Wildman–Crippen MR) is 121 cm³/mol. The van der Waals surface area contributed by atoms with Crippen LogP contribution in [0.4, 0.5) is 0 Å². The molecule has 0 radical (unpaired) electrons. The fraction of sp³-hybridized carbons (Fsp3) is 0.947. The van der Waals surface area contributed by atoms with Gasteiger partial charge in [-0.25, -0.2) is 0 Å². The maximum atomic E-state index is 4.88. The molecule has 0 bridgehead atoms. The lowest BCUT2D eigenvalue weighted by Crippen LogP contribution is -2.55. The Kier molecular flexibility index (Phi) is 15.0. The summed E-state index contributed by atoms with van der Waals surface area (Å²) in [5.74, 6) is 1.71. The molecule has 0 amide bonds. The zero-order valence-electron chi connectivity index (χ0n) is 17.2. The first-order valence-electron chi connectivity index (χ1n) is 10.0. The minimum absolute atomic E-state index is 0. The fourth-order valence-corrected chi connectivity index (χ4v) is 3.33. The lowest BCUT2D eigenvalue weighted by molar-refractivity contribution is 0.116. The van der Waals surface area contributed by atoms with Gasteiger partial charge in [0.25, 0.3) is 0 Å². The van der Waals surface area contributed by atoms with Crippen LogP contribution in [0.25, 0.3) is 0 Å². The Morgan fingerprint density at radius 1 is 1.08 bits per heavy atom. The number of unbranched alkanes of at least 4 members (excludes halogenated alkanes) is 1.